The van der Waals surface area contributed by atoms with Gasteiger partial charge in [-0.05, 0) is 17.7 Å². The number of aromatic nitrogens is 3. The fourth-order valence-electron chi connectivity index (χ4n) is 1.98. The predicted octanol–water partition coefficient (Wildman–Crippen LogP) is 1.60. The molecule has 0 fully saturated rings. The molecule has 0 aliphatic rings. The molecular weight excluding hydrogens is 270 g/mol. The maximum atomic E-state index is 5.76. The minimum atomic E-state index is 0.362. The first-order chi connectivity index (χ1) is 10.3. The molecule has 7 nitrogen and oxygen atoms in total. The van der Waals surface area contributed by atoms with Crippen LogP contribution in [0.5, 0.6) is 11.6 Å². The minimum absolute atomic E-state index is 0.362. The van der Waals surface area contributed by atoms with E-state index in [1.54, 1.807) is 30.1 Å². The van der Waals surface area contributed by atoms with E-state index in [4.69, 9.17) is 15.3 Å². The lowest BCUT2D eigenvalue weighted by Crippen LogP contribution is -2.11. The molecule has 0 radical (unpaired) electrons. The number of fused-ring (bicyclic) bond motifs is 1. The van der Waals surface area contributed by atoms with E-state index in [0.29, 0.717) is 24.0 Å². The number of rotatable bonds is 5. The number of ether oxygens (including phenoxy) is 2. The Balaban J connectivity index is 1.85. The normalized spacial score (nSPS) is 10.6. The van der Waals surface area contributed by atoms with Gasteiger partial charge in [-0.1, -0.05) is 12.1 Å². The fraction of sp³-hybridized carbons (Fsp3) is 0.143. The SMILES string of the molecule is COc1cccc(COc2nc(NN)cn3ccnc23)c1. The van der Waals surface area contributed by atoms with Crippen molar-refractivity contribution < 1.29 is 9.47 Å². The molecule has 108 valence electrons. The summed E-state index contributed by atoms with van der Waals surface area (Å²) in [6, 6.07) is 7.66. The number of hydrogen-bond acceptors (Lipinski definition) is 6. The quantitative estimate of drug-likeness (QED) is 0.547. The number of anilines is 1. The average molecular weight is 285 g/mol. The van der Waals surface area contributed by atoms with Gasteiger partial charge in [0.25, 0.3) is 5.88 Å². The van der Waals surface area contributed by atoms with E-state index in [1.165, 1.54) is 0 Å². The Bertz CT molecular complexity index is 756. The van der Waals surface area contributed by atoms with Crippen molar-refractivity contribution in [3.05, 3.63) is 48.4 Å². The van der Waals surface area contributed by atoms with Crippen LogP contribution < -0.4 is 20.7 Å². The zero-order valence-corrected chi connectivity index (χ0v) is 11.5. The van der Waals surface area contributed by atoms with Gasteiger partial charge >= 0.3 is 0 Å². The summed E-state index contributed by atoms with van der Waals surface area (Å²) in [6.45, 7) is 0.362. The second kappa shape index (κ2) is 5.68. The molecule has 1 aromatic carbocycles. The van der Waals surface area contributed by atoms with Gasteiger partial charge < -0.3 is 14.9 Å². The molecule has 0 saturated carbocycles. The lowest BCUT2D eigenvalue weighted by atomic mass is 10.2. The van der Waals surface area contributed by atoms with Gasteiger partial charge in [0.2, 0.25) is 5.65 Å². The van der Waals surface area contributed by atoms with E-state index in [1.807, 2.05) is 24.3 Å². The van der Waals surface area contributed by atoms with Crippen molar-refractivity contribution in [1.82, 2.24) is 14.4 Å². The smallest absolute Gasteiger partial charge is 0.260 e. The topological polar surface area (TPSA) is 86.7 Å². The van der Waals surface area contributed by atoms with E-state index in [2.05, 4.69) is 15.4 Å². The van der Waals surface area contributed by atoms with Gasteiger partial charge in [-0.25, -0.2) is 10.8 Å². The van der Waals surface area contributed by atoms with Crippen molar-refractivity contribution in [2.24, 2.45) is 5.84 Å². The van der Waals surface area contributed by atoms with Gasteiger partial charge in [0.15, 0.2) is 5.82 Å². The lowest BCUT2D eigenvalue weighted by molar-refractivity contribution is 0.295. The van der Waals surface area contributed by atoms with Gasteiger partial charge in [0.1, 0.15) is 12.4 Å². The molecule has 21 heavy (non-hydrogen) atoms. The van der Waals surface area contributed by atoms with E-state index in [9.17, 15) is 0 Å². The molecule has 3 N–H and O–H groups in total. The van der Waals surface area contributed by atoms with Crippen LogP contribution in [-0.4, -0.2) is 21.5 Å². The van der Waals surface area contributed by atoms with Crippen molar-refractivity contribution in [2.45, 2.75) is 6.61 Å². The number of methoxy groups -OCH3 is 1. The molecule has 2 heterocycles. The summed E-state index contributed by atoms with van der Waals surface area (Å²) in [5, 5.41) is 0. The van der Waals surface area contributed by atoms with Crippen molar-refractivity contribution in [1.29, 1.82) is 0 Å². The fourth-order valence-corrected chi connectivity index (χ4v) is 1.98. The summed E-state index contributed by atoms with van der Waals surface area (Å²) in [5.41, 5.74) is 4.12. The minimum Gasteiger partial charge on any atom is -0.497 e. The van der Waals surface area contributed by atoms with Gasteiger partial charge in [0, 0.05) is 12.4 Å². The molecule has 3 aromatic rings. The van der Waals surface area contributed by atoms with Crippen molar-refractivity contribution in [3.63, 3.8) is 0 Å². The molecule has 0 aliphatic carbocycles. The summed E-state index contributed by atoms with van der Waals surface area (Å²) in [4.78, 5) is 8.50. The monoisotopic (exact) mass is 285 g/mol. The van der Waals surface area contributed by atoms with Crippen LogP contribution in [0, 0.1) is 0 Å². The molecule has 0 amide bonds. The number of hydrogen-bond donors (Lipinski definition) is 2. The Hall–Kier alpha value is -2.80. The maximum Gasteiger partial charge on any atom is 0.260 e. The summed E-state index contributed by atoms with van der Waals surface area (Å²) >= 11 is 0. The third-order valence-corrected chi connectivity index (χ3v) is 3.00. The number of nitrogens with two attached hydrogens (primary N) is 1. The Morgan fingerprint density at radius 2 is 2.29 bits per heavy atom. The second-order valence-corrected chi connectivity index (χ2v) is 4.37. The van der Waals surface area contributed by atoms with E-state index < -0.39 is 0 Å². The maximum absolute atomic E-state index is 5.76. The van der Waals surface area contributed by atoms with Gasteiger partial charge in [-0.15, -0.1) is 0 Å². The first-order valence-electron chi connectivity index (χ1n) is 6.36. The first kappa shape index (κ1) is 13.2. The Morgan fingerprint density at radius 1 is 1.38 bits per heavy atom. The number of hydrazine groups is 1. The molecule has 0 atom stereocenters. The molecule has 2 aromatic heterocycles. The van der Waals surface area contributed by atoms with Crippen molar-refractivity contribution in [3.8, 4) is 11.6 Å². The lowest BCUT2D eigenvalue weighted by Gasteiger charge is -2.09. The standard InChI is InChI=1S/C14H15N5O2/c1-20-11-4-2-3-10(7-11)9-21-14-13-16-5-6-19(13)8-12(17-14)18-15/h2-8,18H,9,15H2,1H3. The zero-order valence-electron chi connectivity index (χ0n) is 11.5. The predicted molar refractivity (Wildman–Crippen MR) is 78.1 cm³/mol. The third-order valence-electron chi connectivity index (χ3n) is 3.00. The van der Waals surface area contributed by atoms with Crippen molar-refractivity contribution in [2.75, 3.05) is 12.5 Å². The second-order valence-electron chi connectivity index (χ2n) is 4.37. The number of nitrogen functional groups attached to an aromatic ring is 1. The molecule has 7 heteroatoms. The van der Waals surface area contributed by atoms with Crippen LogP contribution >= 0.6 is 0 Å². The zero-order chi connectivity index (χ0) is 14.7. The Kier molecular flexibility index (Phi) is 3.57. The summed E-state index contributed by atoms with van der Waals surface area (Å²) < 4.78 is 12.7. The highest BCUT2D eigenvalue weighted by molar-refractivity contribution is 5.53. The number of benzene rings is 1. The summed E-state index contributed by atoms with van der Waals surface area (Å²) in [5.74, 6) is 7.11. The third kappa shape index (κ3) is 2.72. The van der Waals surface area contributed by atoms with E-state index in [0.717, 1.165) is 11.3 Å². The van der Waals surface area contributed by atoms with Crippen LogP contribution in [0.4, 0.5) is 5.82 Å². The van der Waals surface area contributed by atoms with Crippen LogP contribution in [0.25, 0.3) is 5.65 Å². The molecule has 0 saturated heterocycles. The highest BCUT2D eigenvalue weighted by Gasteiger charge is 2.09. The number of imidazole rings is 1. The van der Waals surface area contributed by atoms with Gasteiger partial charge in [-0.2, -0.15) is 4.98 Å². The molecule has 3 rings (SSSR count). The largest absolute Gasteiger partial charge is 0.497 e. The molecular formula is C14H15N5O2. The highest BCUT2D eigenvalue weighted by Crippen LogP contribution is 2.20. The molecule has 0 unspecified atom stereocenters. The van der Waals surface area contributed by atoms with E-state index >= 15 is 0 Å². The summed E-state index contributed by atoms with van der Waals surface area (Å²) in [6.07, 6.45) is 5.21. The highest BCUT2D eigenvalue weighted by atomic mass is 16.5. The van der Waals surface area contributed by atoms with Crippen LogP contribution in [0.1, 0.15) is 5.56 Å². The Labute approximate surface area is 121 Å². The average Bonchev–Trinajstić information content (AvgIpc) is 3.01. The Morgan fingerprint density at radius 3 is 3.10 bits per heavy atom. The number of nitrogens with one attached hydrogen (secondary N) is 1. The molecule has 0 spiro atoms. The van der Waals surface area contributed by atoms with E-state index in [-0.39, 0.29) is 0 Å². The molecule has 0 bridgehead atoms. The summed E-state index contributed by atoms with van der Waals surface area (Å²) in [7, 11) is 1.63. The van der Waals surface area contributed by atoms with Crippen LogP contribution in [0.2, 0.25) is 0 Å². The van der Waals surface area contributed by atoms with Gasteiger partial charge in [0.05, 0.1) is 13.3 Å². The van der Waals surface area contributed by atoms with Crippen molar-refractivity contribution >= 4 is 11.5 Å². The first-order valence-corrected chi connectivity index (χ1v) is 6.36. The van der Waals surface area contributed by atoms with Crippen LogP contribution in [0.15, 0.2) is 42.9 Å². The molecule has 0 aliphatic heterocycles. The van der Waals surface area contributed by atoms with Crippen LogP contribution in [0.3, 0.4) is 0 Å². The van der Waals surface area contributed by atoms with Gasteiger partial charge in [-0.3, -0.25) is 4.40 Å². The van der Waals surface area contributed by atoms with Crippen LogP contribution in [-0.2, 0) is 6.61 Å². The number of nitrogens with zero attached hydrogens (tertiary/aromatic N) is 3.